The molecule has 0 saturated carbocycles. The molecule has 0 aliphatic heterocycles. The van der Waals surface area contributed by atoms with Crippen molar-refractivity contribution in [1.29, 1.82) is 5.26 Å². The molecule has 3 aromatic carbocycles. The van der Waals surface area contributed by atoms with Gasteiger partial charge in [0.1, 0.15) is 0 Å². The molecular weight excluding hydrogens is 278 g/mol. The lowest BCUT2D eigenvalue weighted by Crippen LogP contribution is -1.99. The first-order chi connectivity index (χ1) is 11.4. The third-order valence-corrected chi connectivity index (χ3v) is 4.41. The summed E-state index contributed by atoms with van der Waals surface area (Å²) in [4.78, 5) is 0. The standard InChI is InChI=1S/C22H15N/c23-15-20-21(16-9-3-1-4-10-16)18-13-7-8-14-19(18)22(20)17-11-5-2-6-12-17/h1-14,21H. The SMILES string of the molecule is N#CC1=C(c2ccccc2)c2ccccc2C1c1ccccc1. The number of hydrogen-bond acceptors (Lipinski definition) is 1. The molecule has 108 valence electrons. The molecular formula is C22H15N. The number of benzene rings is 3. The van der Waals surface area contributed by atoms with Crippen molar-refractivity contribution in [2.24, 2.45) is 0 Å². The lowest BCUT2D eigenvalue weighted by atomic mass is 9.89. The van der Waals surface area contributed by atoms with Crippen molar-refractivity contribution in [2.45, 2.75) is 5.92 Å². The molecule has 0 spiro atoms. The lowest BCUT2D eigenvalue weighted by Gasteiger charge is -2.13. The maximum Gasteiger partial charge on any atom is 0.0964 e. The number of fused-ring (bicyclic) bond motifs is 1. The van der Waals surface area contributed by atoms with Gasteiger partial charge < -0.3 is 0 Å². The van der Waals surface area contributed by atoms with Gasteiger partial charge in [0.05, 0.1) is 6.07 Å². The molecule has 0 radical (unpaired) electrons. The second-order valence-corrected chi connectivity index (χ2v) is 5.70. The summed E-state index contributed by atoms with van der Waals surface area (Å²) in [6, 6.07) is 31.4. The number of nitrogens with zero attached hydrogens (tertiary/aromatic N) is 1. The van der Waals surface area contributed by atoms with Crippen molar-refractivity contribution in [2.75, 3.05) is 0 Å². The summed E-state index contributed by atoms with van der Waals surface area (Å²) in [6.45, 7) is 0. The van der Waals surface area contributed by atoms with E-state index in [1.807, 2.05) is 42.5 Å². The Balaban J connectivity index is 2.01. The minimum atomic E-state index is 0.0209. The molecule has 1 unspecified atom stereocenters. The summed E-state index contributed by atoms with van der Waals surface area (Å²) in [5, 5.41) is 9.89. The molecule has 1 aliphatic rings. The topological polar surface area (TPSA) is 23.8 Å². The van der Waals surface area contributed by atoms with E-state index in [-0.39, 0.29) is 5.92 Å². The fraction of sp³-hybridized carbons (Fsp3) is 0.0455. The van der Waals surface area contributed by atoms with Crippen LogP contribution in [0, 0.1) is 11.3 Å². The van der Waals surface area contributed by atoms with Gasteiger partial charge in [-0.15, -0.1) is 0 Å². The van der Waals surface area contributed by atoms with Gasteiger partial charge >= 0.3 is 0 Å². The van der Waals surface area contributed by atoms with Crippen molar-refractivity contribution in [3.8, 4) is 6.07 Å². The van der Waals surface area contributed by atoms with Gasteiger partial charge in [0.25, 0.3) is 0 Å². The third kappa shape index (κ3) is 2.17. The van der Waals surface area contributed by atoms with E-state index in [2.05, 4.69) is 48.5 Å². The van der Waals surface area contributed by atoms with Crippen LogP contribution in [0.5, 0.6) is 0 Å². The molecule has 0 saturated heterocycles. The Morgan fingerprint density at radius 2 is 1.30 bits per heavy atom. The Labute approximate surface area is 136 Å². The zero-order valence-corrected chi connectivity index (χ0v) is 12.6. The van der Waals surface area contributed by atoms with Gasteiger partial charge in [0.15, 0.2) is 0 Å². The van der Waals surface area contributed by atoms with E-state index in [9.17, 15) is 5.26 Å². The molecule has 0 aromatic heterocycles. The molecule has 0 fully saturated rings. The van der Waals surface area contributed by atoms with Crippen molar-refractivity contribution < 1.29 is 0 Å². The second-order valence-electron chi connectivity index (χ2n) is 5.70. The van der Waals surface area contributed by atoms with Gasteiger partial charge in [-0.2, -0.15) is 5.26 Å². The Bertz CT molecular complexity index is 915. The predicted octanol–water partition coefficient (Wildman–Crippen LogP) is 5.16. The minimum absolute atomic E-state index is 0.0209. The Morgan fingerprint density at radius 1 is 0.696 bits per heavy atom. The highest BCUT2D eigenvalue weighted by Gasteiger charge is 2.32. The first-order valence-electron chi connectivity index (χ1n) is 7.74. The second kappa shape index (κ2) is 5.59. The molecule has 1 nitrogen and oxygen atoms in total. The van der Waals surface area contributed by atoms with E-state index in [1.165, 1.54) is 16.7 Å². The average Bonchev–Trinajstić information content (AvgIpc) is 2.97. The van der Waals surface area contributed by atoms with Gasteiger partial charge in [-0.1, -0.05) is 84.9 Å². The number of allylic oxidation sites excluding steroid dienone is 1. The zero-order valence-electron chi connectivity index (χ0n) is 12.6. The largest absolute Gasteiger partial charge is 0.193 e. The van der Waals surface area contributed by atoms with Crippen LogP contribution in [-0.2, 0) is 0 Å². The van der Waals surface area contributed by atoms with E-state index in [1.54, 1.807) is 0 Å². The van der Waals surface area contributed by atoms with E-state index >= 15 is 0 Å². The molecule has 0 N–H and O–H groups in total. The Kier molecular flexibility index (Phi) is 3.29. The van der Waals surface area contributed by atoms with Gasteiger partial charge in [-0.05, 0) is 22.3 Å². The highest BCUT2D eigenvalue weighted by molar-refractivity contribution is 5.91. The highest BCUT2D eigenvalue weighted by atomic mass is 14.4. The van der Waals surface area contributed by atoms with Gasteiger partial charge in [0.2, 0.25) is 0 Å². The Morgan fingerprint density at radius 3 is 2.00 bits per heavy atom. The van der Waals surface area contributed by atoms with Crippen molar-refractivity contribution in [3.05, 3.63) is 113 Å². The van der Waals surface area contributed by atoms with Crippen LogP contribution in [0.15, 0.2) is 90.5 Å². The lowest BCUT2D eigenvalue weighted by molar-refractivity contribution is 1.01. The van der Waals surface area contributed by atoms with E-state index in [4.69, 9.17) is 0 Å². The number of hydrogen-bond donors (Lipinski definition) is 0. The molecule has 1 atom stereocenters. The van der Waals surface area contributed by atoms with Gasteiger partial charge in [-0.3, -0.25) is 0 Å². The van der Waals surface area contributed by atoms with Crippen LogP contribution >= 0.6 is 0 Å². The summed E-state index contributed by atoms with van der Waals surface area (Å²) in [5.74, 6) is 0.0209. The summed E-state index contributed by atoms with van der Waals surface area (Å²) in [6.07, 6.45) is 0. The molecule has 1 aliphatic carbocycles. The first-order valence-corrected chi connectivity index (χ1v) is 7.74. The van der Waals surface area contributed by atoms with Crippen LogP contribution in [0.2, 0.25) is 0 Å². The third-order valence-electron chi connectivity index (χ3n) is 4.41. The van der Waals surface area contributed by atoms with Crippen LogP contribution < -0.4 is 0 Å². The maximum absolute atomic E-state index is 9.89. The van der Waals surface area contributed by atoms with Crippen LogP contribution in [0.25, 0.3) is 5.57 Å². The fourth-order valence-electron chi connectivity index (χ4n) is 3.45. The summed E-state index contributed by atoms with van der Waals surface area (Å²) < 4.78 is 0. The molecule has 4 rings (SSSR count). The normalized spacial score (nSPS) is 16.0. The zero-order chi connectivity index (χ0) is 15.6. The monoisotopic (exact) mass is 293 g/mol. The molecule has 23 heavy (non-hydrogen) atoms. The summed E-state index contributed by atoms with van der Waals surface area (Å²) in [7, 11) is 0. The van der Waals surface area contributed by atoms with Crippen LogP contribution in [0.1, 0.15) is 28.2 Å². The molecule has 3 aromatic rings. The maximum atomic E-state index is 9.89. The number of rotatable bonds is 2. The highest BCUT2D eigenvalue weighted by Crippen LogP contribution is 2.47. The van der Waals surface area contributed by atoms with E-state index in [0.717, 1.165) is 16.7 Å². The molecule has 0 bridgehead atoms. The molecule has 0 amide bonds. The smallest absolute Gasteiger partial charge is 0.0964 e. The van der Waals surface area contributed by atoms with Gasteiger partial charge in [-0.25, -0.2) is 0 Å². The summed E-state index contributed by atoms with van der Waals surface area (Å²) >= 11 is 0. The van der Waals surface area contributed by atoms with Crippen LogP contribution in [-0.4, -0.2) is 0 Å². The molecule has 0 heterocycles. The van der Waals surface area contributed by atoms with Crippen molar-refractivity contribution in [1.82, 2.24) is 0 Å². The van der Waals surface area contributed by atoms with Crippen LogP contribution in [0.4, 0.5) is 0 Å². The fourth-order valence-corrected chi connectivity index (χ4v) is 3.45. The van der Waals surface area contributed by atoms with Crippen molar-refractivity contribution in [3.63, 3.8) is 0 Å². The Hall–Kier alpha value is -3.11. The first kappa shape index (κ1) is 13.5. The van der Waals surface area contributed by atoms with E-state index < -0.39 is 0 Å². The molecule has 1 heteroatoms. The number of nitriles is 1. The van der Waals surface area contributed by atoms with E-state index in [0.29, 0.717) is 0 Å². The summed E-state index contributed by atoms with van der Waals surface area (Å²) in [5.41, 5.74) is 6.57. The quantitative estimate of drug-likeness (QED) is 0.640. The van der Waals surface area contributed by atoms with Crippen molar-refractivity contribution >= 4 is 5.57 Å². The predicted molar refractivity (Wildman–Crippen MR) is 92.8 cm³/mol. The van der Waals surface area contributed by atoms with Gasteiger partial charge in [0, 0.05) is 17.1 Å². The minimum Gasteiger partial charge on any atom is -0.193 e. The van der Waals surface area contributed by atoms with Crippen LogP contribution in [0.3, 0.4) is 0 Å². The average molecular weight is 293 g/mol.